The molecule has 0 saturated carbocycles. The average molecular weight is 294 g/mol. The standard InChI is InChI=1S/C13H22N6O2/c1-3-9(2)15-13-16-11(14)10(19(20)21)12(17-13)18-7-5-4-6-8-18/h9H,3-8H2,1-2H3,(H3,14,15,16,17)/t9-/m1/s1. The molecule has 2 rings (SSSR count). The van der Waals surface area contributed by atoms with Crippen molar-refractivity contribution in [2.75, 3.05) is 29.0 Å². The summed E-state index contributed by atoms with van der Waals surface area (Å²) in [7, 11) is 0. The summed E-state index contributed by atoms with van der Waals surface area (Å²) in [6.45, 7) is 5.57. The van der Waals surface area contributed by atoms with Gasteiger partial charge in [0.25, 0.3) is 0 Å². The SMILES string of the molecule is CC[C@@H](C)Nc1nc(N)c([N+](=O)[O-])c(N2CCCCC2)n1. The number of nitrogens with zero attached hydrogens (tertiary/aromatic N) is 4. The number of nitrogens with one attached hydrogen (secondary N) is 1. The molecule has 0 unspecified atom stereocenters. The van der Waals surface area contributed by atoms with Crippen molar-refractivity contribution in [2.24, 2.45) is 0 Å². The van der Waals surface area contributed by atoms with Crippen LogP contribution in [0.3, 0.4) is 0 Å². The smallest absolute Gasteiger partial charge is 0.353 e. The Labute approximate surface area is 123 Å². The molecule has 3 N–H and O–H groups in total. The van der Waals surface area contributed by atoms with Crippen LogP contribution in [-0.4, -0.2) is 34.0 Å². The number of hydrogen-bond acceptors (Lipinski definition) is 7. The van der Waals surface area contributed by atoms with Gasteiger partial charge in [0.2, 0.25) is 17.6 Å². The van der Waals surface area contributed by atoms with Crippen LogP contribution in [0.4, 0.5) is 23.3 Å². The lowest BCUT2D eigenvalue weighted by Gasteiger charge is -2.27. The molecule has 8 heteroatoms. The molecule has 1 aliphatic heterocycles. The maximum Gasteiger partial charge on any atom is 0.353 e. The van der Waals surface area contributed by atoms with Crippen LogP contribution in [0.5, 0.6) is 0 Å². The Hall–Kier alpha value is -2.12. The van der Waals surface area contributed by atoms with Crippen molar-refractivity contribution in [3.05, 3.63) is 10.1 Å². The van der Waals surface area contributed by atoms with E-state index in [4.69, 9.17) is 5.73 Å². The number of piperidine rings is 1. The van der Waals surface area contributed by atoms with Gasteiger partial charge in [0.05, 0.1) is 4.92 Å². The van der Waals surface area contributed by atoms with Crippen LogP contribution in [0.15, 0.2) is 0 Å². The molecule has 116 valence electrons. The van der Waals surface area contributed by atoms with Crippen molar-refractivity contribution in [3.8, 4) is 0 Å². The molecule has 1 saturated heterocycles. The first-order valence-corrected chi connectivity index (χ1v) is 7.36. The van der Waals surface area contributed by atoms with Crippen LogP contribution in [-0.2, 0) is 0 Å². The molecule has 0 aromatic carbocycles. The van der Waals surface area contributed by atoms with E-state index in [2.05, 4.69) is 15.3 Å². The number of hydrogen-bond donors (Lipinski definition) is 2. The molecule has 0 aliphatic carbocycles. The molecule has 2 heterocycles. The van der Waals surface area contributed by atoms with Crippen molar-refractivity contribution in [3.63, 3.8) is 0 Å². The minimum absolute atomic E-state index is 0.0821. The van der Waals surface area contributed by atoms with Crippen molar-refractivity contribution < 1.29 is 4.92 Å². The molecule has 1 atom stereocenters. The topological polar surface area (TPSA) is 110 Å². The van der Waals surface area contributed by atoms with E-state index in [-0.39, 0.29) is 17.5 Å². The summed E-state index contributed by atoms with van der Waals surface area (Å²) in [5, 5.41) is 14.4. The molecular weight excluding hydrogens is 272 g/mol. The van der Waals surface area contributed by atoms with Gasteiger partial charge in [0.15, 0.2) is 0 Å². The van der Waals surface area contributed by atoms with Gasteiger partial charge in [-0.2, -0.15) is 9.97 Å². The predicted molar refractivity (Wildman–Crippen MR) is 82.5 cm³/mol. The van der Waals surface area contributed by atoms with E-state index in [1.165, 1.54) is 0 Å². The van der Waals surface area contributed by atoms with Crippen LogP contribution >= 0.6 is 0 Å². The molecule has 1 aliphatic rings. The summed E-state index contributed by atoms with van der Waals surface area (Å²) in [4.78, 5) is 21.1. The predicted octanol–water partition coefficient (Wildman–Crippen LogP) is 2.17. The van der Waals surface area contributed by atoms with Crippen LogP contribution in [0.25, 0.3) is 0 Å². The fourth-order valence-corrected chi connectivity index (χ4v) is 2.35. The molecule has 1 fully saturated rings. The summed E-state index contributed by atoms with van der Waals surface area (Å²) in [5.41, 5.74) is 5.60. The van der Waals surface area contributed by atoms with E-state index >= 15 is 0 Å². The van der Waals surface area contributed by atoms with Crippen LogP contribution in [0, 0.1) is 10.1 Å². The lowest BCUT2D eigenvalue weighted by Crippen LogP contribution is -2.31. The molecule has 0 bridgehead atoms. The molecule has 21 heavy (non-hydrogen) atoms. The zero-order valence-corrected chi connectivity index (χ0v) is 12.5. The van der Waals surface area contributed by atoms with Crippen LogP contribution in [0.2, 0.25) is 0 Å². The van der Waals surface area contributed by atoms with Gasteiger partial charge in [0, 0.05) is 19.1 Å². The number of nitro groups is 1. The molecule has 0 radical (unpaired) electrons. The third-order valence-corrected chi connectivity index (χ3v) is 3.72. The molecular formula is C13H22N6O2. The third-order valence-electron chi connectivity index (χ3n) is 3.72. The maximum atomic E-state index is 11.3. The highest BCUT2D eigenvalue weighted by Gasteiger charge is 2.28. The number of aromatic nitrogens is 2. The van der Waals surface area contributed by atoms with E-state index in [0.29, 0.717) is 11.8 Å². The molecule has 8 nitrogen and oxygen atoms in total. The lowest BCUT2D eigenvalue weighted by atomic mass is 10.1. The van der Waals surface area contributed by atoms with Gasteiger partial charge in [-0.25, -0.2) is 0 Å². The van der Waals surface area contributed by atoms with E-state index < -0.39 is 4.92 Å². The zero-order valence-electron chi connectivity index (χ0n) is 12.5. The highest BCUT2D eigenvalue weighted by molar-refractivity contribution is 5.71. The molecule has 1 aromatic rings. The van der Waals surface area contributed by atoms with E-state index in [1.807, 2.05) is 18.7 Å². The summed E-state index contributed by atoms with van der Waals surface area (Å²) in [6, 6.07) is 0.181. The first-order valence-electron chi connectivity index (χ1n) is 7.36. The Bertz CT molecular complexity index is 516. The highest BCUT2D eigenvalue weighted by Crippen LogP contribution is 2.33. The van der Waals surface area contributed by atoms with Gasteiger partial charge in [-0.3, -0.25) is 10.1 Å². The van der Waals surface area contributed by atoms with Crippen molar-refractivity contribution in [2.45, 2.75) is 45.6 Å². The van der Waals surface area contributed by atoms with E-state index in [1.54, 1.807) is 0 Å². The summed E-state index contributed by atoms with van der Waals surface area (Å²) in [6.07, 6.45) is 4.06. The van der Waals surface area contributed by atoms with E-state index in [0.717, 1.165) is 38.8 Å². The second kappa shape index (κ2) is 6.55. The van der Waals surface area contributed by atoms with Gasteiger partial charge in [0.1, 0.15) is 0 Å². The largest absolute Gasteiger partial charge is 0.378 e. The summed E-state index contributed by atoms with van der Waals surface area (Å²) < 4.78 is 0. The first kappa shape index (κ1) is 15.3. The normalized spacial score (nSPS) is 16.6. The average Bonchev–Trinajstić information content (AvgIpc) is 2.47. The van der Waals surface area contributed by atoms with Crippen molar-refractivity contribution in [1.29, 1.82) is 0 Å². The van der Waals surface area contributed by atoms with Crippen LogP contribution < -0.4 is 16.0 Å². The second-order valence-electron chi connectivity index (χ2n) is 5.36. The van der Waals surface area contributed by atoms with E-state index in [9.17, 15) is 10.1 Å². The number of rotatable bonds is 5. The van der Waals surface area contributed by atoms with Crippen LogP contribution in [0.1, 0.15) is 39.5 Å². The van der Waals surface area contributed by atoms with Gasteiger partial charge < -0.3 is 16.0 Å². The number of anilines is 3. The third kappa shape index (κ3) is 3.50. The van der Waals surface area contributed by atoms with Gasteiger partial charge in [-0.15, -0.1) is 0 Å². The Morgan fingerprint density at radius 2 is 2.05 bits per heavy atom. The number of nitrogen functional groups attached to an aromatic ring is 1. The van der Waals surface area contributed by atoms with Crippen molar-refractivity contribution >= 4 is 23.3 Å². The Balaban J connectivity index is 2.39. The Morgan fingerprint density at radius 3 is 2.62 bits per heavy atom. The summed E-state index contributed by atoms with van der Waals surface area (Å²) >= 11 is 0. The lowest BCUT2D eigenvalue weighted by molar-refractivity contribution is -0.383. The van der Waals surface area contributed by atoms with Crippen molar-refractivity contribution in [1.82, 2.24) is 9.97 Å². The number of nitrogens with two attached hydrogens (primary N) is 1. The highest BCUT2D eigenvalue weighted by atomic mass is 16.6. The minimum Gasteiger partial charge on any atom is -0.378 e. The summed E-state index contributed by atoms with van der Waals surface area (Å²) in [5.74, 6) is 0.604. The zero-order chi connectivity index (χ0) is 15.4. The van der Waals surface area contributed by atoms with Gasteiger partial charge in [-0.05, 0) is 32.6 Å². The van der Waals surface area contributed by atoms with Gasteiger partial charge in [-0.1, -0.05) is 6.92 Å². The fraction of sp³-hybridized carbons (Fsp3) is 0.692. The quantitative estimate of drug-likeness (QED) is 0.632. The Morgan fingerprint density at radius 1 is 1.38 bits per heavy atom. The molecule has 0 spiro atoms. The molecule has 1 aromatic heterocycles. The molecule has 0 amide bonds. The minimum atomic E-state index is -0.494. The fourth-order valence-electron chi connectivity index (χ4n) is 2.35. The second-order valence-corrected chi connectivity index (χ2v) is 5.36. The maximum absolute atomic E-state index is 11.3. The first-order chi connectivity index (χ1) is 10.0. The Kier molecular flexibility index (Phi) is 4.77. The monoisotopic (exact) mass is 294 g/mol. The van der Waals surface area contributed by atoms with Gasteiger partial charge >= 0.3 is 5.69 Å².